The Hall–Kier alpha value is -2.21. The summed E-state index contributed by atoms with van der Waals surface area (Å²) in [4.78, 5) is 11.8. The molecular weight excluding hydrogens is 372 g/mol. The number of ether oxygens (including phenoxy) is 2. The molecule has 2 aromatic carbocycles. The lowest BCUT2D eigenvalue weighted by Gasteiger charge is -2.15. The van der Waals surface area contributed by atoms with Crippen LogP contribution in [0.3, 0.4) is 0 Å². The van der Waals surface area contributed by atoms with Crippen molar-refractivity contribution in [1.29, 1.82) is 0 Å². The molecule has 0 radical (unpaired) electrons. The van der Waals surface area contributed by atoms with Gasteiger partial charge in [0.05, 0.1) is 25.0 Å². The van der Waals surface area contributed by atoms with Crippen LogP contribution in [0.2, 0.25) is 0 Å². The van der Waals surface area contributed by atoms with Crippen LogP contribution in [0.1, 0.15) is 22.8 Å². The topological polar surface area (TPSA) is 73.6 Å². The van der Waals surface area contributed by atoms with E-state index in [2.05, 4.69) is 33.4 Å². The van der Waals surface area contributed by atoms with Gasteiger partial charge in [-0.05, 0) is 43.2 Å². The highest BCUT2D eigenvalue weighted by Gasteiger charge is 2.14. The molecule has 0 saturated heterocycles. The van der Waals surface area contributed by atoms with Crippen LogP contribution < -0.4 is 15.8 Å². The van der Waals surface area contributed by atoms with E-state index in [1.54, 1.807) is 26.2 Å². The highest BCUT2D eigenvalue weighted by Crippen LogP contribution is 2.32. The number of nitrogen functional groups attached to an aromatic ring is 1. The first-order valence-corrected chi connectivity index (χ1v) is 8.47. The summed E-state index contributed by atoms with van der Waals surface area (Å²) in [5.41, 5.74) is 8.80. The number of carbonyl (C=O) groups excluding carboxylic acids is 1. The predicted octanol–water partition coefficient (Wildman–Crippen LogP) is 3.87. The Balaban J connectivity index is 2.08. The highest BCUT2D eigenvalue weighted by atomic mass is 79.9. The number of benzene rings is 2. The van der Waals surface area contributed by atoms with Gasteiger partial charge in [-0.1, -0.05) is 28.1 Å². The van der Waals surface area contributed by atoms with E-state index in [1.165, 1.54) is 5.56 Å². The van der Waals surface area contributed by atoms with Crippen molar-refractivity contribution in [3.63, 3.8) is 0 Å². The quantitative estimate of drug-likeness (QED) is 0.552. The number of hydrogen-bond acceptors (Lipinski definition) is 5. The standard InChI is InChI=1S/C18H21BrN2O3/c1-3-24-18(22)13-10-15(20)17(16(11-13)23-2)21-9-8-12-4-6-14(19)7-5-12/h4-7,10-11,21H,3,8-9,20H2,1-2H3. The molecule has 128 valence electrons. The molecule has 0 aromatic heterocycles. The molecule has 0 heterocycles. The SMILES string of the molecule is CCOC(=O)c1cc(N)c(NCCc2ccc(Br)cc2)c(OC)c1. The first kappa shape index (κ1) is 18.1. The third kappa shape index (κ3) is 4.64. The fourth-order valence-corrected chi connectivity index (χ4v) is 2.57. The number of rotatable bonds is 7. The first-order chi connectivity index (χ1) is 11.5. The van der Waals surface area contributed by atoms with Gasteiger partial charge in [0.15, 0.2) is 0 Å². The first-order valence-electron chi connectivity index (χ1n) is 7.68. The van der Waals surface area contributed by atoms with Crippen molar-refractivity contribution in [1.82, 2.24) is 0 Å². The third-order valence-electron chi connectivity index (χ3n) is 3.49. The van der Waals surface area contributed by atoms with Crippen molar-refractivity contribution in [3.05, 3.63) is 52.0 Å². The molecule has 0 spiro atoms. The molecule has 6 heteroatoms. The molecule has 24 heavy (non-hydrogen) atoms. The lowest BCUT2D eigenvalue weighted by Crippen LogP contribution is -2.11. The molecule has 0 aliphatic heterocycles. The minimum atomic E-state index is -0.413. The number of methoxy groups -OCH3 is 1. The van der Waals surface area contributed by atoms with E-state index in [-0.39, 0.29) is 0 Å². The Labute approximate surface area is 150 Å². The normalized spacial score (nSPS) is 10.3. The van der Waals surface area contributed by atoms with Crippen LogP contribution in [-0.4, -0.2) is 26.2 Å². The summed E-state index contributed by atoms with van der Waals surface area (Å²) in [6.45, 7) is 2.77. The lowest BCUT2D eigenvalue weighted by molar-refractivity contribution is 0.0526. The number of esters is 1. The van der Waals surface area contributed by atoms with Crippen LogP contribution in [0.25, 0.3) is 0 Å². The molecule has 3 N–H and O–H groups in total. The maximum Gasteiger partial charge on any atom is 0.338 e. The molecule has 5 nitrogen and oxygen atoms in total. The summed E-state index contributed by atoms with van der Waals surface area (Å²) in [5, 5.41) is 3.28. The average Bonchev–Trinajstić information content (AvgIpc) is 2.57. The van der Waals surface area contributed by atoms with Crippen LogP contribution in [0.15, 0.2) is 40.9 Å². The molecule has 0 saturated carbocycles. The van der Waals surface area contributed by atoms with Crippen molar-refractivity contribution in [2.24, 2.45) is 0 Å². The number of halogens is 1. The van der Waals surface area contributed by atoms with Gasteiger partial charge in [-0.15, -0.1) is 0 Å². The Kier molecular flexibility index (Phi) is 6.49. The smallest absolute Gasteiger partial charge is 0.338 e. The molecule has 0 aliphatic carbocycles. The Bertz CT molecular complexity index is 702. The Morgan fingerprint density at radius 1 is 1.25 bits per heavy atom. The molecule has 0 aliphatic rings. The van der Waals surface area contributed by atoms with Crippen molar-refractivity contribution in [3.8, 4) is 5.75 Å². The zero-order valence-electron chi connectivity index (χ0n) is 13.8. The van der Waals surface area contributed by atoms with E-state index in [4.69, 9.17) is 15.2 Å². The second kappa shape index (κ2) is 8.59. The second-order valence-electron chi connectivity index (χ2n) is 5.17. The van der Waals surface area contributed by atoms with Crippen molar-refractivity contribution < 1.29 is 14.3 Å². The van der Waals surface area contributed by atoms with Crippen LogP contribution in [0, 0.1) is 0 Å². The van der Waals surface area contributed by atoms with Crippen LogP contribution >= 0.6 is 15.9 Å². The number of anilines is 2. The van der Waals surface area contributed by atoms with Gasteiger partial charge in [-0.25, -0.2) is 4.79 Å². The van der Waals surface area contributed by atoms with Crippen molar-refractivity contribution in [2.45, 2.75) is 13.3 Å². The molecule has 0 unspecified atom stereocenters. The van der Waals surface area contributed by atoms with Gasteiger partial charge in [-0.3, -0.25) is 0 Å². The van der Waals surface area contributed by atoms with Gasteiger partial charge in [0.2, 0.25) is 0 Å². The fourth-order valence-electron chi connectivity index (χ4n) is 2.30. The van der Waals surface area contributed by atoms with E-state index in [1.807, 2.05) is 12.1 Å². The highest BCUT2D eigenvalue weighted by molar-refractivity contribution is 9.10. The Morgan fingerprint density at radius 2 is 1.96 bits per heavy atom. The maximum absolute atomic E-state index is 11.8. The molecule has 2 rings (SSSR count). The van der Waals surface area contributed by atoms with Gasteiger partial charge in [0, 0.05) is 11.0 Å². The minimum Gasteiger partial charge on any atom is -0.494 e. The minimum absolute atomic E-state index is 0.314. The molecular formula is C18H21BrN2O3. The number of nitrogens with two attached hydrogens (primary N) is 1. The largest absolute Gasteiger partial charge is 0.494 e. The van der Waals surface area contributed by atoms with Crippen molar-refractivity contribution >= 4 is 33.3 Å². The van der Waals surface area contributed by atoms with Crippen molar-refractivity contribution in [2.75, 3.05) is 31.3 Å². The van der Waals surface area contributed by atoms with E-state index >= 15 is 0 Å². The number of hydrogen-bond donors (Lipinski definition) is 2. The summed E-state index contributed by atoms with van der Waals surface area (Å²) >= 11 is 3.42. The monoisotopic (exact) mass is 392 g/mol. The zero-order valence-corrected chi connectivity index (χ0v) is 15.4. The summed E-state index contributed by atoms with van der Waals surface area (Å²) in [6, 6.07) is 11.4. The third-order valence-corrected chi connectivity index (χ3v) is 4.02. The van der Waals surface area contributed by atoms with Crippen LogP contribution in [0.4, 0.5) is 11.4 Å². The summed E-state index contributed by atoms with van der Waals surface area (Å²) < 4.78 is 11.4. The lowest BCUT2D eigenvalue weighted by atomic mass is 10.1. The summed E-state index contributed by atoms with van der Waals surface area (Å²) in [6.07, 6.45) is 0.843. The van der Waals surface area contributed by atoms with Gasteiger partial charge >= 0.3 is 5.97 Å². The summed E-state index contributed by atoms with van der Waals surface area (Å²) in [7, 11) is 1.55. The fraction of sp³-hybridized carbons (Fsp3) is 0.278. The number of nitrogens with one attached hydrogen (secondary N) is 1. The molecule has 0 fully saturated rings. The molecule has 0 atom stereocenters. The number of carbonyl (C=O) groups is 1. The van der Waals surface area contributed by atoms with Gasteiger partial charge < -0.3 is 20.5 Å². The van der Waals surface area contributed by atoms with Gasteiger partial charge in [0.25, 0.3) is 0 Å². The second-order valence-corrected chi connectivity index (χ2v) is 6.08. The maximum atomic E-state index is 11.8. The zero-order chi connectivity index (χ0) is 17.5. The Morgan fingerprint density at radius 3 is 2.58 bits per heavy atom. The van der Waals surface area contributed by atoms with Gasteiger partial charge in [0.1, 0.15) is 11.4 Å². The van der Waals surface area contributed by atoms with Crippen LogP contribution in [-0.2, 0) is 11.2 Å². The van der Waals surface area contributed by atoms with E-state index in [0.717, 1.165) is 10.9 Å². The van der Waals surface area contributed by atoms with E-state index < -0.39 is 5.97 Å². The van der Waals surface area contributed by atoms with E-state index in [9.17, 15) is 4.79 Å². The van der Waals surface area contributed by atoms with Crippen LogP contribution in [0.5, 0.6) is 5.75 Å². The predicted molar refractivity (Wildman–Crippen MR) is 99.7 cm³/mol. The summed E-state index contributed by atoms with van der Waals surface area (Å²) in [5.74, 6) is 0.109. The molecule has 0 amide bonds. The van der Waals surface area contributed by atoms with E-state index in [0.29, 0.717) is 35.8 Å². The molecule has 2 aromatic rings. The average molecular weight is 393 g/mol. The van der Waals surface area contributed by atoms with Gasteiger partial charge in [-0.2, -0.15) is 0 Å². The molecule has 0 bridgehead atoms.